The lowest BCUT2D eigenvalue weighted by molar-refractivity contribution is 0.309. The fraction of sp³-hybridized carbons (Fsp3) is 0.727. The fourth-order valence-electron chi connectivity index (χ4n) is 1.94. The molecular weight excluding hydrogens is 266 g/mol. The van der Waals surface area contributed by atoms with E-state index in [1.165, 1.54) is 4.68 Å². The largest absolute Gasteiger partial charge is 0.383 e. The number of aromatic nitrogens is 2. The Labute approximate surface area is 114 Å². The molecule has 0 aliphatic rings. The molecule has 19 heavy (non-hydrogen) atoms. The summed E-state index contributed by atoms with van der Waals surface area (Å²) in [6.45, 7) is 8.54. The molecule has 1 aromatic heterocycles. The number of hydrogen-bond donors (Lipinski definition) is 2. The summed E-state index contributed by atoms with van der Waals surface area (Å²) in [6, 6.07) is 0. The molecule has 1 aromatic rings. The third-order valence-corrected chi connectivity index (χ3v) is 4.72. The first-order valence-corrected chi connectivity index (χ1v) is 7.82. The molecule has 0 saturated carbocycles. The van der Waals surface area contributed by atoms with E-state index in [-0.39, 0.29) is 10.7 Å². The van der Waals surface area contributed by atoms with Crippen molar-refractivity contribution >= 4 is 15.8 Å². The van der Waals surface area contributed by atoms with E-state index in [0.29, 0.717) is 18.8 Å². The van der Waals surface area contributed by atoms with Crippen LogP contribution in [-0.2, 0) is 17.1 Å². The van der Waals surface area contributed by atoms with Crippen molar-refractivity contribution in [3.63, 3.8) is 0 Å². The van der Waals surface area contributed by atoms with Gasteiger partial charge >= 0.3 is 0 Å². The molecule has 0 fully saturated rings. The normalized spacial score (nSPS) is 12.3. The van der Waals surface area contributed by atoms with Crippen molar-refractivity contribution in [3.05, 3.63) is 5.69 Å². The molecule has 0 bridgehead atoms. The van der Waals surface area contributed by atoms with Gasteiger partial charge in [-0.15, -0.1) is 0 Å². The minimum atomic E-state index is -3.60. The number of nitrogens with zero attached hydrogens (tertiary/aromatic N) is 3. The van der Waals surface area contributed by atoms with Crippen LogP contribution in [0.3, 0.4) is 0 Å². The van der Waals surface area contributed by atoms with Gasteiger partial charge in [0.2, 0.25) is 10.0 Å². The Bertz CT molecular complexity index is 519. The molecule has 0 spiro atoms. The second kappa shape index (κ2) is 6.36. The van der Waals surface area contributed by atoms with Crippen LogP contribution in [0.5, 0.6) is 0 Å². The van der Waals surface area contributed by atoms with Crippen LogP contribution in [0.2, 0.25) is 0 Å². The smallest absolute Gasteiger partial charge is 0.246 e. The van der Waals surface area contributed by atoms with Crippen molar-refractivity contribution in [3.8, 4) is 0 Å². The van der Waals surface area contributed by atoms with Crippen molar-refractivity contribution in [2.75, 3.05) is 31.9 Å². The highest BCUT2D eigenvalue weighted by Gasteiger charge is 2.24. The van der Waals surface area contributed by atoms with Crippen LogP contribution in [0.4, 0.5) is 5.82 Å². The highest BCUT2D eigenvalue weighted by Crippen LogP contribution is 2.20. The van der Waals surface area contributed by atoms with Crippen LogP contribution < -0.4 is 10.5 Å². The Morgan fingerprint density at radius 1 is 1.37 bits per heavy atom. The van der Waals surface area contributed by atoms with E-state index in [9.17, 15) is 8.42 Å². The fourth-order valence-corrected chi connectivity index (χ4v) is 3.28. The summed E-state index contributed by atoms with van der Waals surface area (Å²) in [7, 11) is -1.98. The van der Waals surface area contributed by atoms with Gasteiger partial charge in [-0.3, -0.25) is 4.68 Å². The molecule has 1 heterocycles. The van der Waals surface area contributed by atoms with E-state index < -0.39 is 10.0 Å². The van der Waals surface area contributed by atoms with Crippen molar-refractivity contribution < 1.29 is 8.42 Å². The van der Waals surface area contributed by atoms with Crippen molar-refractivity contribution in [1.29, 1.82) is 0 Å². The summed E-state index contributed by atoms with van der Waals surface area (Å²) in [6.07, 6.45) is 0. The zero-order chi connectivity index (χ0) is 14.6. The van der Waals surface area contributed by atoms with Gasteiger partial charge in [0.05, 0.1) is 5.69 Å². The summed E-state index contributed by atoms with van der Waals surface area (Å²) in [5, 5.41) is 4.01. The number of nitrogens with two attached hydrogens (primary N) is 1. The van der Waals surface area contributed by atoms with Crippen molar-refractivity contribution in [1.82, 2.24) is 19.4 Å². The Morgan fingerprint density at radius 2 is 1.95 bits per heavy atom. The van der Waals surface area contributed by atoms with E-state index in [2.05, 4.69) is 14.7 Å². The van der Waals surface area contributed by atoms with Crippen molar-refractivity contribution in [2.45, 2.75) is 25.7 Å². The standard InChI is InChI=1S/C11H23N5O2S/c1-5-16(6-2)8-7-13-19(17,18)10-9(3)14-15(4)11(10)12/h13H,5-8,12H2,1-4H3. The molecule has 0 saturated heterocycles. The number of sulfonamides is 1. The van der Waals surface area contributed by atoms with Crippen LogP contribution in [0.15, 0.2) is 4.90 Å². The second-order valence-corrected chi connectivity index (χ2v) is 6.05. The van der Waals surface area contributed by atoms with Crippen LogP contribution in [-0.4, -0.2) is 49.3 Å². The molecule has 0 aromatic carbocycles. The Balaban J connectivity index is 2.77. The number of hydrogen-bond acceptors (Lipinski definition) is 5. The molecule has 8 heteroatoms. The number of nitrogens with one attached hydrogen (secondary N) is 1. The van der Waals surface area contributed by atoms with Crippen LogP contribution in [0.25, 0.3) is 0 Å². The zero-order valence-electron chi connectivity index (χ0n) is 12.0. The molecule has 110 valence electrons. The molecule has 0 amide bonds. The maximum Gasteiger partial charge on any atom is 0.246 e. The summed E-state index contributed by atoms with van der Waals surface area (Å²) in [5.41, 5.74) is 6.16. The maximum atomic E-state index is 12.2. The van der Waals surface area contributed by atoms with Gasteiger partial charge < -0.3 is 10.6 Å². The van der Waals surface area contributed by atoms with Gasteiger partial charge in [0.25, 0.3) is 0 Å². The SMILES string of the molecule is CCN(CC)CCNS(=O)(=O)c1c(C)nn(C)c1N. The third-order valence-electron chi connectivity index (χ3n) is 3.09. The molecule has 0 radical (unpaired) electrons. The monoisotopic (exact) mass is 289 g/mol. The summed E-state index contributed by atoms with van der Waals surface area (Å²) < 4.78 is 28.3. The van der Waals surface area contributed by atoms with Crippen LogP contribution >= 0.6 is 0 Å². The van der Waals surface area contributed by atoms with Crippen molar-refractivity contribution in [2.24, 2.45) is 7.05 Å². The molecule has 0 unspecified atom stereocenters. The van der Waals surface area contributed by atoms with E-state index >= 15 is 0 Å². The first kappa shape index (κ1) is 15.9. The van der Waals surface area contributed by atoms with Gasteiger partial charge in [-0.25, -0.2) is 13.1 Å². The summed E-state index contributed by atoms with van der Waals surface area (Å²) in [5.74, 6) is 0.160. The molecule has 7 nitrogen and oxygen atoms in total. The molecule has 0 aliphatic carbocycles. The summed E-state index contributed by atoms with van der Waals surface area (Å²) in [4.78, 5) is 2.22. The lowest BCUT2D eigenvalue weighted by atomic mass is 10.5. The first-order valence-electron chi connectivity index (χ1n) is 6.34. The number of nitrogen functional groups attached to an aromatic ring is 1. The lowest BCUT2D eigenvalue weighted by Crippen LogP contribution is -2.35. The number of rotatable bonds is 7. The number of anilines is 1. The predicted molar refractivity (Wildman–Crippen MR) is 75.3 cm³/mol. The van der Waals surface area contributed by atoms with Gasteiger partial charge in [-0.1, -0.05) is 13.8 Å². The topological polar surface area (TPSA) is 93.2 Å². The van der Waals surface area contributed by atoms with Gasteiger partial charge in [0, 0.05) is 20.1 Å². The molecular formula is C11H23N5O2S. The second-order valence-electron chi connectivity index (χ2n) is 4.35. The average molecular weight is 289 g/mol. The van der Waals surface area contributed by atoms with E-state index in [0.717, 1.165) is 13.1 Å². The van der Waals surface area contributed by atoms with Crippen LogP contribution in [0, 0.1) is 6.92 Å². The predicted octanol–water partition coefficient (Wildman–Crippen LogP) is -0.0692. The Hall–Kier alpha value is -1.12. The Morgan fingerprint density at radius 3 is 2.37 bits per heavy atom. The Kier molecular flexibility index (Phi) is 5.33. The minimum Gasteiger partial charge on any atom is -0.383 e. The first-order chi connectivity index (χ1) is 8.83. The summed E-state index contributed by atoms with van der Waals surface area (Å²) >= 11 is 0. The van der Waals surface area contributed by atoms with Crippen LogP contribution in [0.1, 0.15) is 19.5 Å². The quantitative estimate of drug-likeness (QED) is 0.733. The van der Waals surface area contributed by atoms with E-state index in [4.69, 9.17) is 5.73 Å². The van der Waals surface area contributed by atoms with Gasteiger partial charge in [-0.2, -0.15) is 5.10 Å². The zero-order valence-corrected chi connectivity index (χ0v) is 12.8. The highest BCUT2D eigenvalue weighted by molar-refractivity contribution is 7.89. The van der Waals surface area contributed by atoms with E-state index in [1.807, 2.05) is 13.8 Å². The average Bonchev–Trinajstić information content (AvgIpc) is 2.59. The number of likely N-dealkylation sites (N-methyl/N-ethyl adjacent to an activating group) is 1. The lowest BCUT2D eigenvalue weighted by Gasteiger charge is -2.18. The van der Waals surface area contributed by atoms with Gasteiger partial charge in [0.1, 0.15) is 10.7 Å². The molecule has 1 rings (SSSR count). The van der Waals surface area contributed by atoms with E-state index in [1.54, 1.807) is 14.0 Å². The third kappa shape index (κ3) is 3.68. The molecule has 3 N–H and O–H groups in total. The molecule has 0 atom stereocenters. The number of aryl methyl sites for hydroxylation is 2. The highest BCUT2D eigenvalue weighted by atomic mass is 32.2. The maximum absolute atomic E-state index is 12.2. The molecule has 0 aliphatic heterocycles. The van der Waals surface area contributed by atoms with Gasteiger partial charge in [0.15, 0.2) is 0 Å². The van der Waals surface area contributed by atoms with Gasteiger partial charge in [-0.05, 0) is 20.0 Å². The minimum absolute atomic E-state index is 0.0783.